The van der Waals surface area contributed by atoms with E-state index in [4.69, 9.17) is 4.42 Å². The molecule has 2 aromatic heterocycles. The van der Waals surface area contributed by atoms with E-state index in [9.17, 15) is 9.59 Å². The van der Waals surface area contributed by atoms with Crippen LogP contribution < -0.4 is 5.32 Å². The molecule has 4 heterocycles. The summed E-state index contributed by atoms with van der Waals surface area (Å²) in [6.07, 6.45) is 6.17. The number of fused-ring (bicyclic) bond motifs is 1. The van der Waals surface area contributed by atoms with E-state index in [1.807, 2.05) is 46.7 Å². The molecule has 2 aliphatic rings. The largest absolute Gasteiger partial charge is 0.449 e. The van der Waals surface area contributed by atoms with Gasteiger partial charge in [0.15, 0.2) is 0 Å². The molecular weight excluding hydrogens is 422 g/mol. The summed E-state index contributed by atoms with van der Waals surface area (Å²) in [6.45, 7) is 3.81. The average molecular weight is 452 g/mol. The van der Waals surface area contributed by atoms with Crippen molar-refractivity contribution >= 4 is 39.8 Å². The minimum Gasteiger partial charge on any atom is -0.449 e. The maximum Gasteiger partial charge on any atom is 0.291 e. The van der Waals surface area contributed by atoms with Gasteiger partial charge in [0, 0.05) is 29.4 Å². The number of likely N-dealkylation sites (tertiary alicyclic amines) is 2. The lowest BCUT2D eigenvalue weighted by molar-refractivity contribution is -0.115. The zero-order valence-electron chi connectivity index (χ0n) is 18.2. The van der Waals surface area contributed by atoms with E-state index >= 15 is 0 Å². The molecule has 6 nitrogen and oxygen atoms in total. The molecule has 7 heteroatoms. The fourth-order valence-electron chi connectivity index (χ4n) is 4.94. The van der Waals surface area contributed by atoms with Gasteiger partial charge in [0.05, 0.1) is 6.42 Å². The van der Waals surface area contributed by atoms with Gasteiger partial charge >= 0.3 is 0 Å². The number of hydrogen-bond donors (Lipinski definition) is 1. The van der Waals surface area contributed by atoms with Crippen molar-refractivity contribution < 1.29 is 14.0 Å². The van der Waals surface area contributed by atoms with E-state index < -0.39 is 0 Å². The molecule has 32 heavy (non-hydrogen) atoms. The predicted molar refractivity (Wildman–Crippen MR) is 127 cm³/mol. The minimum absolute atomic E-state index is 0.135. The number of nitrogens with zero attached hydrogens (tertiary/aromatic N) is 2. The summed E-state index contributed by atoms with van der Waals surface area (Å²) in [5.74, 6) is -0.0382. The zero-order chi connectivity index (χ0) is 21.9. The Morgan fingerprint density at radius 1 is 1.00 bits per heavy atom. The van der Waals surface area contributed by atoms with Crippen LogP contribution in [0.4, 0.5) is 5.69 Å². The molecule has 2 saturated heterocycles. The van der Waals surface area contributed by atoms with Crippen LogP contribution in [0.2, 0.25) is 0 Å². The second-order valence-corrected chi connectivity index (χ2v) is 9.76. The van der Waals surface area contributed by atoms with Gasteiger partial charge in [0.2, 0.25) is 11.7 Å². The molecule has 0 aliphatic carbocycles. The fourth-order valence-corrected chi connectivity index (χ4v) is 5.64. The van der Waals surface area contributed by atoms with E-state index in [0.29, 0.717) is 17.3 Å². The first-order valence-electron chi connectivity index (χ1n) is 11.6. The van der Waals surface area contributed by atoms with Crippen molar-refractivity contribution in [3.63, 3.8) is 0 Å². The number of carbonyl (C=O) groups excluding carboxylic acids is 2. The molecule has 5 rings (SSSR count). The lowest BCUT2D eigenvalue weighted by Gasteiger charge is -2.40. The van der Waals surface area contributed by atoms with Gasteiger partial charge < -0.3 is 19.5 Å². The molecule has 0 unspecified atom stereocenters. The van der Waals surface area contributed by atoms with Gasteiger partial charge in [-0.25, -0.2) is 0 Å². The number of amides is 2. The molecule has 168 valence electrons. The Morgan fingerprint density at radius 2 is 1.78 bits per heavy atom. The maximum atomic E-state index is 13.4. The SMILES string of the molecule is O=C(Cc1cccs1)Nc1c(C(=O)N2CCC(N3CCCCC3)CC2)oc2ccccc12. The fraction of sp³-hybridized carbons (Fsp3) is 0.440. The summed E-state index contributed by atoms with van der Waals surface area (Å²) in [5.41, 5.74) is 1.11. The smallest absolute Gasteiger partial charge is 0.291 e. The van der Waals surface area contributed by atoms with Gasteiger partial charge in [-0.3, -0.25) is 9.59 Å². The Balaban J connectivity index is 1.32. The van der Waals surface area contributed by atoms with Gasteiger partial charge in [-0.1, -0.05) is 24.6 Å². The Hall–Kier alpha value is -2.64. The molecule has 0 spiro atoms. The van der Waals surface area contributed by atoms with E-state index in [-0.39, 0.29) is 24.0 Å². The standard InChI is InChI=1S/C25H29N3O3S/c29-22(17-19-7-6-16-32-19)26-23-20-8-2-3-9-21(20)31-24(23)25(30)28-14-10-18(11-15-28)27-12-4-1-5-13-27/h2-3,6-9,16,18H,1,4-5,10-15,17H2,(H,26,29). The number of thiophene rings is 1. The Kier molecular flexibility index (Phi) is 6.28. The highest BCUT2D eigenvalue weighted by atomic mass is 32.1. The lowest BCUT2D eigenvalue weighted by atomic mass is 9.99. The van der Waals surface area contributed by atoms with Crippen LogP contribution in [0.1, 0.15) is 47.5 Å². The summed E-state index contributed by atoms with van der Waals surface area (Å²) in [5, 5.41) is 5.69. The zero-order valence-corrected chi connectivity index (χ0v) is 19.0. The second-order valence-electron chi connectivity index (χ2n) is 8.73. The number of carbonyl (C=O) groups is 2. The number of benzene rings is 1. The highest BCUT2D eigenvalue weighted by molar-refractivity contribution is 7.10. The molecule has 1 aromatic carbocycles. The van der Waals surface area contributed by atoms with Crippen molar-refractivity contribution in [1.29, 1.82) is 0 Å². The Bertz CT molecular complexity index is 1080. The molecule has 2 fully saturated rings. The van der Waals surface area contributed by atoms with Crippen molar-refractivity contribution in [2.45, 2.75) is 44.6 Å². The molecule has 2 aliphatic heterocycles. The molecule has 2 amide bonds. The molecule has 0 saturated carbocycles. The normalized spacial score (nSPS) is 18.2. The molecule has 1 N–H and O–H groups in total. The first kappa shape index (κ1) is 21.2. The first-order chi connectivity index (χ1) is 15.7. The number of hydrogen-bond acceptors (Lipinski definition) is 5. The van der Waals surface area contributed by atoms with E-state index in [1.165, 1.54) is 32.4 Å². The summed E-state index contributed by atoms with van der Waals surface area (Å²) in [7, 11) is 0. The van der Waals surface area contributed by atoms with Gasteiger partial charge in [-0.05, 0) is 62.4 Å². The summed E-state index contributed by atoms with van der Waals surface area (Å²) >= 11 is 1.55. The van der Waals surface area contributed by atoms with Crippen molar-refractivity contribution in [3.05, 3.63) is 52.4 Å². The minimum atomic E-state index is -0.142. The van der Waals surface area contributed by atoms with Gasteiger partial charge in [0.1, 0.15) is 11.3 Å². The van der Waals surface area contributed by atoms with Crippen LogP contribution >= 0.6 is 11.3 Å². The Labute approximate surface area is 192 Å². The highest BCUT2D eigenvalue weighted by Gasteiger charge is 2.31. The number of rotatable bonds is 5. The highest BCUT2D eigenvalue weighted by Crippen LogP contribution is 2.33. The van der Waals surface area contributed by atoms with Crippen LogP contribution in [0.25, 0.3) is 11.0 Å². The van der Waals surface area contributed by atoms with Crippen LogP contribution in [0.3, 0.4) is 0 Å². The van der Waals surface area contributed by atoms with Crippen LogP contribution in [-0.4, -0.2) is 53.8 Å². The maximum absolute atomic E-state index is 13.4. The summed E-state index contributed by atoms with van der Waals surface area (Å²) in [6, 6.07) is 11.9. The van der Waals surface area contributed by atoms with Gasteiger partial charge in [-0.15, -0.1) is 11.3 Å². The van der Waals surface area contributed by atoms with Crippen LogP contribution in [0.5, 0.6) is 0 Å². The van der Waals surface area contributed by atoms with Crippen molar-refractivity contribution in [1.82, 2.24) is 9.80 Å². The first-order valence-corrected chi connectivity index (χ1v) is 12.4. The third-order valence-corrected chi connectivity index (χ3v) is 7.50. The third kappa shape index (κ3) is 4.45. The number of anilines is 1. The second kappa shape index (κ2) is 9.46. The van der Waals surface area contributed by atoms with E-state index in [2.05, 4.69) is 10.2 Å². The molecule has 0 radical (unpaired) electrons. The number of nitrogens with one attached hydrogen (secondary N) is 1. The molecule has 0 bridgehead atoms. The number of furan rings is 1. The molecular formula is C25H29N3O3S. The number of piperidine rings is 2. The van der Waals surface area contributed by atoms with Crippen LogP contribution in [0.15, 0.2) is 46.2 Å². The van der Waals surface area contributed by atoms with Crippen LogP contribution in [-0.2, 0) is 11.2 Å². The Morgan fingerprint density at radius 3 is 2.53 bits per heavy atom. The van der Waals surface area contributed by atoms with E-state index in [0.717, 1.165) is 36.2 Å². The van der Waals surface area contributed by atoms with E-state index in [1.54, 1.807) is 11.3 Å². The molecule has 0 atom stereocenters. The monoisotopic (exact) mass is 451 g/mol. The summed E-state index contributed by atoms with van der Waals surface area (Å²) in [4.78, 5) is 31.6. The topological polar surface area (TPSA) is 65.8 Å². The van der Waals surface area contributed by atoms with Crippen molar-refractivity contribution in [2.24, 2.45) is 0 Å². The lowest BCUT2D eigenvalue weighted by Crippen LogP contribution is -2.48. The molecule has 3 aromatic rings. The van der Waals surface area contributed by atoms with Crippen molar-refractivity contribution in [3.8, 4) is 0 Å². The predicted octanol–water partition coefficient (Wildman–Crippen LogP) is 4.77. The summed E-state index contributed by atoms with van der Waals surface area (Å²) < 4.78 is 5.98. The van der Waals surface area contributed by atoms with Gasteiger partial charge in [-0.2, -0.15) is 0 Å². The quantitative estimate of drug-likeness (QED) is 0.607. The average Bonchev–Trinajstić information content (AvgIpc) is 3.47. The van der Waals surface area contributed by atoms with Gasteiger partial charge in [0.25, 0.3) is 5.91 Å². The van der Waals surface area contributed by atoms with Crippen molar-refractivity contribution in [2.75, 3.05) is 31.5 Å². The van der Waals surface area contributed by atoms with Crippen LogP contribution in [0, 0.1) is 0 Å². The number of para-hydroxylation sites is 1. The third-order valence-electron chi connectivity index (χ3n) is 6.63.